The first kappa shape index (κ1) is 10.0. The number of hydrogen-bond donors (Lipinski definition) is 0. The van der Waals surface area contributed by atoms with Crippen LogP contribution in [0.25, 0.3) is 0 Å². The number of hydrogen-bond acceptors (Lipinski definition) is 1. The van der Waals surface area contributed by atoms with Gasteiger partial charge in [0.05, 0.1) is 0 Å². The van der Waals surface area contributed by atoms with Gasteiger partial charge in [-0.1, -0.05) is 25.5 Å². The zero-order valence-electron chi connectivity index (χ0n) is 7.25. The monoisotopic (exact) mass is 197 g/mol. The maximum Gasteiger partial charge on any atom is 0.0191 e. The summed E-state index contributed by atoms with van der Waals surface area (Å²) in [7, 11) is 1.38. The van der Waals surface area contributed by atoms with Crippen molar-refractivity contribution in [3.63, 3.8) is 0 Å². The lowest BCUT2D eigenvalue weighted by atomic mass is 10.1. The van der Waals surface area contributed by atoms with E-state index in [1.54, 1.807) is 0 Å². The van der Waals surface area contributed by atoms with Crippen molar-refractivity contribution in [2.24, 2.45) is 0 Å². The molecule has 0 N–H and O–H groups in total. The smallest absolute Gasteiger partial charge is 0.0191 e. The number of benzene rings is 1. The molecule has 0 atom stereocenters. The highest BCUT2D eigenvalue weighted by Gasteiger charge is 1.93. The van der Waals surface area contributed by atoms with Gasteiger partial charge in [-0.3, -0.25) is 0 Å². The van der Waals surface area contributed by atoms with Crippen molar-refractivity contribution in [3.05, 3.63) is 29.8 Å². The second-order valence-corrected chi connectivity index (χ2v) is 3.97. The Labute approximate surface area is 83.6 Å². The molecule has 0 amide bonds. The van der Waals surface area contributed by atoms with Crippen LogP contribution in [0.15, 0.2) is 29.2 Å². The van der Waals surface area contributed by atoms with E-state index >= 15 is 0 Å². The molecule has 0 saturated carbocycles. The predicted molar refractivity (Wildman–Crippen MR) is 58.5 cm³/mol. The van der Waals surface area contributed by atoms with Crippen LogP contribution in [0.2, 0.25) is 0 Å². The summed E-state index contributed by atoms with van der Waals surface area (Å²) >= 11 is 4.87. The van der Waals surface area contributed by atoms with Crippen molar-refractivity contribution < 1.29 is 0 Å². The molecule has 0 aliphatic rings. The van der Waals surface area contributed by atoms with E-state index in [9.17, 15) is 0 Å². The summed E-state index contributed by atoms with van der Waals surface area (Å²) in [5.74, 6) is 0. The Balaban J connectivity index is 2.53. The quantitative estimate of drug-likeness (QED) is 0.651. The molecule has 1 aromatic carbocycles. The molecule has 0 fully saturated rings. The first-order chi connectivity index (χ1) is 5.86. The van der Waals surface area contributed by atoms with Crippen molar-refractivity contribution in [1.29, 1.82) is 0 Å². The van der Waals surface area contributed by atoms with Gasteiger partial charge in [0.25, 0.3) is 0 Å². The topological polar surface area (TPSA) is 0 Å². The summed E-state index contributed by atoms with van der Waals surface area (Å²) in [4.78, 5) is 1.17. The first-order valence-electron chi connectivity index (χ1n) is 4.25. The van der Waals surface area contributed by atoms with E-state index in [0.29, 0.717) is 0 Å². The maximum absolute atomic E-state index is 4.87. The third kappa shape index (κ3) is 3.11. The molecule has 0 aromatic heterocycles. The number of rotatable bonds is 4. The minimum absolute atomic E-state index is 1.17. The SMILES string of the molecule is CCCCc1ccc(S[S])cc1. The van der Waals surface area contributed by atoms with Crippen LogP contribution >= 0.6 is 22.5 Å². The van der Waals surface area contributed by atoms with Gasteiger partial charge in [0.2, 0.25) is 0 Å². The zero-order chi connectivity index (χ0) is 8.81. The third-order valence-electron chi connectivity index (χ3n) is 1.84. The lowest BCUT2D eigenvalue weighted by Gasteiger charge is -1.99. The molecule has 1 aromatic rings. The van der Waals surface area contributed by atoms with Gasteiger partial charge in [0, 0.05) is 4.90 Å². The van der Waals surface area contributed by atoms with Gasteiger partial charge < -0.3 is 0 Å². The van der Waals surface area contributed by atoms with E-state index in [0.717, 1.165) is 0 Å². The van der Waals surface area contributed by atoms with Gasteiger partial charge in [-0.25, -0.2) is 0 Å². The summed E-state index contributed by atoms with van der Waals surface area (Å²) in [6.07, 6.45) is 3.73. The Morgan fingerprint density at radius 1 is 1.25 bits per heavy atom. The molecule has 1 rings (SSSR count). The lowest BCUT2D eigenvalue weighted by Crippen LogP contribution is -1.83. The molecule has 1 radical (unpaired) electrons. The van der Waals surface area contributed by atoms with Gasteiger partial charge in [-0.15, -0.1) is 0 Å². The van der Waals surface area contributed by atoms with Crippen LogP contribution in [0.4, 0.5) is 0 Å². The molecular formula is C10H13S2. The molecule has 0 nitrogen and oxygen atoms in total. The second kappa shape index (κ2) is 5.55. The van der Waals surface area contributed by atoms with Gasteiger partial charge in [0.15, 0.2) is 0 Å². The molecule has 65 valence electrons. The van der Waals surface area contributed by atoms with Crippen molar-refractivity contribution >= 4 is 22.5 Å². The molecule has 0 aliphatic heterocycles. The Morgan fingerprint density at radius 3 is 2.42 bits per heavy atom. The van der Waals surface area contributed by atoms with E-state index in [1.165, 1.54) is 40.5 Å². The summed E-state index contributed by atoms with van der Waals surface area (Å²) in [6, 6.07) is 8.54. The lowest BCUT2D eigenvalue weighted by molar-refractivity contribution is 0.794. The number of unbranched alkanes of at least 4 members (excludes halogenated alkanes) is 1. The Hall–Kier alpha value is -0.0800. The van der Waals surface area contributed by atoms with Gasteiger partial charge in [-0.2, -0.15) is 0 Å². The standard InChI is InChI=1S/C10H13S2/c1-2-3-4-9-5-7-10(12-11)8-6-9/h5-8H,2-4H2,1H3. The fraction of sp³-hybridized carbons (Fsp3) is 0.400. The number of aryl methyl sites for hydroxylation is 1. The van der Waals surface area contributed by atoms with Crippen molar-refractivity contribution in [2.75, 3.05) is 0 Å². The Morgan fingerprint density at radius 2 is 1.92 bits per heavy atom. The highest BCUT2D eigenvalue weighted by molar-refractivity contribution is 8.68. The van der Waals surface area contributed by atoms with Gasteiger partial charge in [0.1, 0.15) is 0 Å². The van der Waals surface area contributed by atoms with Crippen LogP contribution in [0.3, 0.4) is 0 Å². The fourth-order valence-corrected chi connectivity index (χ4v) is 1.67. The minimum atomic E-state index is 1.17. The van der Waals surface area contributed by atoms with E-state index in [1.807, 2.05) is 0 Å². The van der Waals surface area contributed by atoms with Crippen LogP contribution in [0.5, 0.6) is 0 Å². The second-order valence-electron chi connectivity index (χ2n) is 2.83. The van der Waals surface area contributed by atoms with Crippen LogP contribution in [0, 0.1) is 0 Å². The molecule has 0 heterocycles. The average Bonchev–Trinajstić information content (AvgIpc) is 2.15. The molecule has 0 saturated heterocycles. The highest BCUT2D eigenvalue weighted by atomic mass is 33.1. The highest BCUT2D eigenvalue weighted by Crippen LogP contribution is 2.21. The Kier molecular flexibility index (Phi) is 4.62. The summed E-state index contributed by atoms with van der Waals surface area (Å²) in [5.41, 5.74) is 1.42. The molecular weight excluding hydrogens is 184 g/mol. The molecule has 0 unspecified atom stereocenters. The summed E-state index contributed by atoms with van der Waals surface area (Å²) < 4.78 is 0. The summed E-state index contributed by atoms with van der Waals surface area (Å²) in [6.45, 7) is 2.22. The predicted octanol–water partition coefficient (Wildman–Crippen LogP) is 4.23. The van der Waals surface area contributed by atoms with E-state index in [-0.39, 0.29) is 0 Å². The molecule has 12 heavy (non-hydrogen) atoms. The molecule has 0 bridgehead atoms. The van der Waals surface area contributed by atoms with Gasteiger partial charge >= 0.3 is 0 Å². The zero-order valence-corrected chi connectivity index (χ0v) is 8.88. The van der Waals surface area contributed by atoms with Crippen LogP contribution in [-0.2, 0) is 6.42 Å². The molecule has 0 aliphatic carbocycles. The van der Waals surface area contributed by atoms with Gasteiger partial charge in [-0.05, 0) is 53.0 Å². The van der Waals surface area contributed by atoms with E-state index in [4.69, 9.17) is 11.7 Å². The molecule has 0 spiro atoms. The minimum Gasteiger partial charge on any atom is -0.0654 e. The average molecular weight is 197 g/mol. The Bertz CT molecular complexity index is 216. The largest absolute Gasteiger partial charge is 0.0654 e. The first-order valence-corrected chi connectivity index (χ1v) is 5.99. The van der Waals surface area contributed by atoms with Crippen LogP contribution < -0.4 is 0 Å². The van der Waals surface area contributed by atoms with E-state index in [2.05, 4.69) is 31.2 Å². The van der Waals surface area contributed by atoms with Crippen molar-refractivity contribution in [1.82, 2.24) is 0 Å². The third-order valence-corrected chi connectivity index (χ3v) is 2.88. The normalized spacial score (nSPS) is 10.2. The van der Waals surface area contributed by atoms with Crippen LogP contribution in [-0.4, -0.2) is 0 Å². The maximum atomic E-state index is 4.87. The van der Waals surface area contributed by atoms with Crippen LogP contribution in [0.1, 0.15) is 25.3 Å². The molecule has 2 heteroatoms. The van der Waals surface area contributed by atoms with Crippen molar-refractivity contribution in [2.45, 2.75) is 31.1 Å². The van der Waals surface area contributed by atoms with E-state index < -0.39 is 0 Å². The fourth-order valence-electron chi connectivity index (χ4n) is 1.09. The summed E-state index contributed by atoms with van der Waals surface area (Å²) in [5, 5.41) is 0. The van der Waals surface area contributed by atoms with Crippen molar-refractivity contribution in [3.8, 4) is 0 Å².